The molecule has 156 valence electrons. The number of benzene rings is 1. The zero-order valence-electron chi connectivity index (χ0n) is 16.4. The third kappa shape index (κ3) is 6.73. The van der Waals surface area contributed by atoms with E-state index in [-0.39, 0.29) is 30.0 Å². The Kier molecular flexibility index (Phi) is 6.96. The summed E-state index contributed by atoms with van der Waals surface area (Å²) in [6.45, 7) is 5.19. The SMILES string of the molecule is CC(C)(C)OC(=O)N[C@H]1CC[C@@H](C(=O)NCc2ccccc2C(F)(F)F)CC1. The number of hydrogen-bond donors (Lipinski definition) is 2. The molecule has 1 aromatic rings. The first-order valence-corrected chi connectivity index (χ1v) is 9.38. The summed E-state index contributed by atoms with van der Waals surface area (Å²) in [7, 11) is 0. The number of amides is 2. The van der Waals surface area contributed by atoms with Crippen LogP contribution < -0.4 is 10.6 Å². The van der Waals surface area contributed by atoms with Crippen molar-refractivity contribution >= 4 is 12.0 Å². The number of halogens is 3. The lowest BCUT2D eigenvalue weighted by Gasteiger charge is -2.29. The van der Waals surface area contributed by atoms with E-state index in [0.29, 0.717) is 25.7 Å². The molecule has 8 heteroatoms. The van der Waals surface area contributed by atoms with Crippen molar-refractivity contribution in [2.24, 2.45) is 5.92 Å². The molecule has 2 amide bonds. The molecule has 1 aliphatic carbocycles. The van der Waals surface area contributed by atoms with Gasteiger partial charge in [-0.1, -0.05) is 18.2 Å². The van der Waals surface area contributed by atoms with Crippen LogP contribution in [0.4, 0.5) is 18.0 Å². The lowest BCUT2D eigenvalue weighted by atomic mass is 9.85. The molecule has 0 heterocycles. The highest BCUT2D eigenvalue weighted by Crippen LogP contribution is 2.32. The first kappa shape index (κ1) is 22.0. The molecule has 5 nitrogen and oxygen atoms in total. The van der Waals surface area contributed by atoms with Crippen LogP contribution in [0.5, 0.6) is 0 Å². The maximum Gasteiger partial charge on any atom is 0.416 e. The first-order chi connectivity index (χ1) is 13.0. The Bertz CT molecular complexity index is 691. The second kappa shape index (κ2) is 8.84. The number of carbonyl (C=O) groups is 2. The molecule has 0 radical (unpaired) electrons. The van der Waals surface area contributed by atoms with E-state index in [4.69, 9.17) is 4.74 Å². The van der Waals surface area contributed by atoms with Crippen molar-refractivity contribution in [1.82, 2.24) is 10.6 Å². The molecule has 0 unspecified atom stereocenters. The van der Waals surface area contributed by atoms with E-state index in [1.54, 1.807) is 20.8 Å². The first-order valence-electron chi connectivity index (χ1n) is 9.38. The normalized spacial score (nSPS) is 20.4. The summed E-state index contributed by atoms with van der Waals surface area (Å²) in [5.41, 5.74) is -1.27. The van der Waals surface area contributed by atoms with Gasteiger partial charge in [0, 0.05) is 18.5 Å². The molecule has 0 bridgehead atoms. The van der Waals surface area contributed by atoms with Crippen LogP contribution in [0.3, 0.4) is 0 Å². The van der Waals surface area contributed by atoms with Crippen molar-refractivity contribution < 1.29 is 27.5 Å². The Balaban J connectivity index is 1.81. The Hall–Kier alpha value is -2.25. The summed E-state index contributed by atoms with van der Waals surface area (Å²) in [4.78, 5) is 24.2. The number of nitrogens with one attached hydrogen (secondary N) is 2. The van der Waals surface area contributed by atoms with Gasteiger partial charge in [-0.25, -0.2) is 4.79 Å². The molecule has 1 aromatic carbocycles. The van der Waals surface area contributed by atoms with Crippen LogP contribution in [-0.4, -0.2) is 23.6 Å². The van der Waals surface area contributed by atoms with Crippen molar-refractivity contribution in [3.63, 3.8) is 0 Å². The number of alkyl carbamates (subject to hydrolysis) is 1. The van der Waals surface area contributed by atoms with Crippen LogP contribution in [0.15, 0.2) is 24.3 Å². The van der Waals surface area contributed by atoms with E-state index >= 15 is 0 Å². The Morgan fingerprint density at radius 1 is 1.07 bits per heavy atom. The van der Waals surface area contributed by atoms with Crippen molar-refractivity contribution in [2.75, 3.05) is 0 Å². The lowest BCUT2D eigenvalue weighted by Crippen LogP contribution is -2.42. The van der Waals surface area contributed by atoms with E-state index in [1.807, 2.05) is 0 Å². The second-order valence-corrected chi connectivity index (χ2v) is 8.07. The Morgan fingerprint density at radius 3 is 2.25 bits per heavy atom. The van der Waals surface area contributed by atoms with Crippen LogP contribution in [0.25, 0.3) is 0 Å². The fraction of sp³-hybridized carbons (Fsp3) is 0.600. The van der Waals surface area contributed by atoms with Gasteiger partial charge < -0.3 is 15.4 Å². The molecule has 1 aliphatic rings. The van der Waals surface area contributed by atoms with E-state index in [0.717, 1.165) is 6.07 Å². The summed E-state index contributed by atoms with van der Waals surface area (Å²) in [5, 5.41) is 5.42. The zero-order chi connectivity index (χ0) is 20.9. The molecular weight excluding hydrogens is 373 g/mol. The molecular formula is C20H27F3N2O3. The van der Waals surface area contributed by atoms with Crippen molar-refractivity contribution in [1.29, 1.82) is 0 Å². The quantitative estimate of drug-likeness (QED) is 0.787. The van der Waals surface area contributed by atoms with Gasteiger partial charge in [0.2, 0.25) is 5.91 Å². The van der Waals surface area contributed by atoms with Gasteiger partial charge in [0.15, 0.2) is 0 Å². The number of rotatable bonds is 4. The highest BCUT2D eigenvalue weighted by atomic mass is 19.4. The number of hydrogen-bond acceptors (Lipinski definition) is 3. The second-order valence-electron chi connectivity index (χ2n) is 8.07. The lowest BCUT2D eigenvalue weighted by molar-refractivity contribution is -0.138. The maximum atomic E-state index is 13.0. The van der Waals surface area contributed by atoms with Gasteiger partial charge in [-0.05, 0) is 58.1 Å². The largest absolute Gasteiger partial charge is 0.444 e. The highest BCUT2D eigenvalue weighted by molar-refractivity contribution is 5.78. The summed E-state index contributed by atoms with van der Waals surface area (Å²) in [6, 6.07) is 5.15. The van der Waals surface area contributed by atoms with Gasteiger partial charge in [-0.2, -0.15) is 13.2 Å². The fourth-order valence-electron chi connectivity index (χ4n) is 3.25. The minimum Gasteiger partial charge on any atom is -0.444 e. The van der Waals surface area contributed by atoms with E-state index in [9.17, 15) is 22.8 Å². The molecule has 0 aliphatic heterocycles. The molecule has 1 fully saturated rings. The number of carbonyl (C=O) groups excluding carboxylic acids is 2. The number of alkyl halides is 3. The molecule has 0 spiro atoms. The average molecular weight is 400 g/mol. The molecule has 0 saturated heterocycles. The Morgan fingerprint density at radius 2 is 1.68 bits per heavy atom. The van der Waals surface area contributed by atoms with Crippen molar-refractivity contribution in [2.45, 2.75) is 70.8 Å². The Labute approximate surface area is 163 Å². The van der Waals surface area contributed by atoms with Gasteiger partial charge in [-0.15, -0.1) is 0 Å². The monoisotopic (exact) mass is 400 g/mol. The predicted octanol–water partition coefficient (Wildman–Crippen LogP) is 4.41. The smallest absolute Gasteiger partial charge is 0.416 e. The van der Waals surface area contributed by atoms with E-state index in [2.05, 4.69) is 10.6 Å². The maximum absolute atomic E-state index is 13.0. The number of ether oxygens (including phenoxy) is 1. The van der Waals surface area contributed by atoms with Gasteiger partial charge in [0.25, 0.3) is 0 Å². The average Bonchev–Trinajstić information content (AvgIpc) is 2.58. The standard InChI is InChI=1S/C20H27F3N2O3/c1-19(2,3)28-18(27)25-15-10-8-13(9-11-15)17(26)24-12-14-6-4-5-7-16(14)20(21,22)23/h4-7,13,15H,8-12H2,1-3H3,(H,24,26)(H,25,27)/t13-,15+. The molecule has 2 rings (SSSR count). The van der Waals surface area contributed by atoms with Gasteiger partial charge in [0.1, 0.15) is 5.60 Å². The third-order valence-electron chi connectivity index (χ3n) is 4.59. The molecule has 0 aromatic heterocycles. The van der Waals surface area contributed by atoms with Gasteiger partial charge in [-0.3, -0.25) is 4.79 Å². The van der Waals surface area contributed by atoms with Crippen LogP contribution in [0, 0.1) is 5.92 Å². The van der Waals surface area contributed by atoms with Crippen LogP contribution >= 0.6 is 0 Å². The van der Waals surface area contributed by atoms with Crippen LogP contribution in [0.1, 0.15) is 57.6 Å². The predicted molar refractivity (Wildman–Crippen MR) is 98.4 cm³/mol. The summed E-state index contributed by atoms with van der Waals surface area (Å²) >= 11 is 0. The van der Waals surface area contributed by atoms with Crippen molar-refractivity contribution in [3.05, 3.63) is 35.4 Å². The van der Waals surface area contributed by atoms with Crippen LogP contribution in [0.2, 0.25) is 0 Å². The highest BCUT2D eigenvalue weighted by Gasteiger charge is 2.33. The van der Waals surface area contributed by atoms with Crippen molar-refractivity contribution in [3.8, 4) is 0 Å². The minimum atomic E-state index is -4.45. The summed E-state index contributed by atoms with van der Waals surface area (Å²) in [6.07, 6.45) is -2.57. The summed E-state index contributed by atoms with van der Waals surface area (Å²) in [5.74, 6) is -0.526. The fourth-order valence-corrected chi connectivity index (χ4v) is 3.25. The molecule has 28 heavy (non-hydrogen) atoms. The zero-order valence-corrected chi connectivity index (χ0v) is 16.4. The van der Waals surface area contributed by atoms with E-state index in [1.165, 1.54) is 18.2 Å². The molecule has 0 atom stereocenters. The summed E-state index contributed by atoms with van der Waals surface area (Å²) < 4.78 is 44.3. The third-order valence-corrected chi connectivity index (χ3v) is 4.59. The van der Waals surface area contributed by atoms with Gasteiger partial charge >= 0.3 is 12.3 Å². The van der Waals surface area contributed by atoms with E-state index < -0.39 is 23.4 Å². The van der Waals surface area contributed by atoms with Crippen LogP contribution in [-0.2, 0) is 22.3 Å². The topological polar surface area (TPSA) is 67.4 Å². The molecule has 1 saturated carbocycles. The van der Waals surface area contributed by atoms with Gasteiger partial charge in [0.05, 0.1) is 5.56 Å². The minimum absolute atomic E-state index is 0.0450. The molecule has 2 N–H and O–H groups in total.